The molecule has 8 nitrogen and oxygen atoms in total. The standard InChI is InChI=1S/C36H53NO7/c1-22(21-38)12-17-42-30(39)43-25-11-10-24-18-27-34-13-14-36(41-7,26(19-34)32(5,40)31(2,3)4)33(6)35(34,28(24)29(25)44-33)15-16-37(27)20-23-8-9-23/h10-11,22-23,26-27,38,40H,8-9,12-21H2,1-7H3. The summed E-state index contributed by atoms with van der Waals surface area (Å²) in [7, 11) is 1.81. The third-order valence-electron chi connectivity index (χ3n) is 13.8. The lowest BCUT2D eigenvalue weighted by molar-refractivity contribution is -0.345. The molecule has 8 atom stereocenters. The van der Waals surface area contributed by atoms with Gasteiger partial charge < -0.3 is 29.2 Å². The number of fused-ring (bicyclic) bond motifs is 2. The van der Waals surface area contributed by atoms with Crippen LogP contribution in [0.5, 0.6) is 11.5 Å². The summed E-state index contributed by atoms with van der Waals surface area (Å²) in [6, 6.07) is 4.39. The number of nitrogens with zero attached hydrogens (tertiary/aromatic N) is 1. The average Bonchev–Trinajstić information content (AvgIpc) is 3.74. The largest absolute Gasteiger partial charge is 0.513 e. The Morgan fingerprint density at radius 2 is 1.93 bits per heavy atom. The molecular weight excluding hydrogens is 558 g/mol. The second kappa shape index (κ2) is 9.82. The van der Waals surface area contributed by atoms with E-state index in [0.29, 0.717) is 24.0 Å². The molecule has 4 saturated carbocycles. The van der Waals surface area contributed by atoms with E-state index in [-0.39, 0.29) is 41.3 Å². The Kier molecular flexibility index (Phi) is 6.87. The van der Waals surface area contributed by atoms with Crippen molar-refractivity contribution in [2.24, 2.45) is 28.6 Å². The number of hydrogen-bond acceptors (Lipinski definition) is 8. The Balaban J connectivity index is 1.36. The Hall–Kier alpha value is -1.87. The highest BCUT2D eigenvalue weighted by atomic mass is 16.7. The Morgan fingerprint density at radius 1 is 1.18 bits per heavy atom. The second-order valence-corrected chi connectivity index (χ2v) is 16.6. The lowest BCUT2D eigenvalue weighted by atomic mass is 9.30. The van der Waals surface area contributed by atoms with Gasteiger partial charge in [-0.3, -0.25) is 4.90 Å². The first-order valence-corrected chi connectivity index (χ1v) is 17.0. The molecule has 244 valence electrons. The molecule has 2 spiro atoms. The van der Waals surface area contributed by atoms with Gasteiger partial charge in [0, 0.05) is 43.2 Å². The first-order chi connectivity index (χ1) is 20.7. The van der Waals surface area contributed by atoms with Crippen molar-refractivity contribution >= 4 is 6.16 Å². The first-order valence-electron chi connectivity index (χ1n) is 17.0. The molecule has 2 heterocycles. The molecule has 0 aromatic heterocycles. The molecule has 44 heavy (non-hydrogen) atoms. The third kappa shape index (κ3) is 3.74. The monoisotopic (exact) mass is 611 g/mol. The first kappa shape index (κ1) is 30.8. The maximum Gasteiger partial charge on any atom is 0.513 e. The fourth-order valence-electron chi connectivity index (χ4n) is 10.9. The molecule has 2 N–H and O–H groups in total. The highest BCUT2D eigenvalue weighted by Crippen LogP contribution is 2.81. The zero-order valence-corrected chi connectivity index (χ0v) is 27.8. The van der Waals surface area contributed by atoms with E-state index in [0.717, 1.165) is 51.1 Å². The fourth-order valence-corrected chi connectivity index (χ4v) is 10.9. The van der Waals surface area contributed by atoms with Crippen molar-refractivity contribution in [2.75, 3.05) is 33.4 Å². The van der Waals surface area contributed by atoms with Crippen LogP contribution in [-0.4, -0.2) is 77.5 Å². The number of carbonyl (C=O) groups is 1. The smallest absolute Gasteiger partial charge is 0.479 e. The number of piperidine rings is 1. The van der Waals surface area contributed by atoms with Gasteiger partial charge in [0.25, 0.3) is 0 Å². The molecule has 1 aromatic carbocycles. The summed E-state index contributed by atoms with van der Waals surface area (Å²) in [6.45, 7) is 15.0. The van der Waals surface area contributed by atoms with Crippen molar-refractivity contribution in [1.29, 1.82) is 0 Å². The van der Waals surface area contributed by atoms with Crippen molar-refractivity contribution in [3.63, 3.8) is 0 Å². The molecule has 0 radical (unpaired) electrons. The fraction of sp³-hybridized carbons (Fsp3) is 0.806. The number of rotatable bonds is 9. The summed E-state index contributed by atoms with van der Waals surface area (Å²) >= 11 is 0. The van der Waals surface area contributed by atoms with Gasteiger partial charge in [-0.2, -0.15) is 0 Å². The van der Waals surface area contributed by atoms with Gasteiger partial charge in [-0.05, 0) is 101 Å². The molecule has 1 saturated heterocycles. The van der Waals surface area contributed by atoms with Crippen LogP contribution in [0.3, 0.4) is 0 Å². The Labute approximate surface area is 262 Å². The minimum atomic E-state index is -1.01. The SMILES string of the molecule is COC12CCC3(CC1C(C)(O)C(C)(C)C)C1Cc4ccc(OC(=O)OCCC(C)CO)c5c4C3(CCN1CC1CC1)C2(C)O5. The predicted octanol–water partition coefficient (Wildman–Crippen LogP) is 5.63. The van der Waals surface area contributed by atoms with Gasteiger partial charge in [0.2, 0.25) is 0 Å². The van der Waals surface area contributed by atoms with Crippen LogP contribution in [0, 0.1) is 28.6 Å². The van der Waals surface area contributed by atoms with Crippen molar-refractivity contribution in [3.8, 4) is 11.5 Å². The lowest BCUT2D eigenvalue weighted by Gasteiger charge is -2.78. The predicted molar refractivity (Wildman–Crippen MR) is 166 cm³/mol. The molecule has 8 unspecified atom stereocenters. The summed E-state index contributed by atoms with van der Waals surface area (Å²) in [6.07, 6.45) is 7.07. The molecular formula is C36H53NO7. The average molecular weight is 612 g/mol. The van der Waals surface area contributed by atoms with Gasteiger partial charge in [0.15, 0.2) is 11.5 Å². The van der Waals surface area contributed by atoms with E-state index in [9.17, 15) is 15.0 Å². The topological polar surface area (TPSA) is 97.7 Å². The zero-order chi connectivity index (χ0) is 31.5. The number of carbonyl (C=O) groups excluding carboxylic acids is 1. The van der Waals surface area contributed by atoms with Crippen LogP contribution in [0.15, 0.2) is 12.1 Å². The van der Waals surface area contributed by atoms with E-state index in [1.54, 1.807) is 0 Å². The second-order valence-electron chi connectivity index (χ2n) is 16.6. The van der Waals surface area contributed by atoms with Crippen LogP contribution in [0.2, 0.25) is 0 Å². The number of aliphatic hydroxyl groups is 2. The highest BCUT2D eigenvalue weighted by molar-refractivity contribution is 5.70. The zero-order valence-electron chi connectivity index (χ0n) is 27.8. The van der Waals surface area contributed by atoms with E-state index in [1.807, 2.05) is 27.0 Å². The minimum Gasteiger partial charge on any atom is -0.479 e. The van der Waals surface area contributed by atoms with Crippen molar-refractivity contribution in [3.05, 3.63) is 23.3 Å². The number of likely N-dealkylation sites (tertiary alicyclic amines) is 1. The Bertz CT molecular complexity index is 1330. The van der Waals surface area contributed by atoms with Crippen LogP contribution in [0.4, 0.5) is 4.79 Å². The van der Waals surface area contributed by atoms with Crippen LogP contribution < -0.4 is 9.47 Å². The van der Waals surface area contributed by atoms with Crippen molar-refractivity contribution in [2.45, 2.75) is 121 Å². The molecule has 8 rings (SSSR count). The molecule has 2 aliphatic heterocycles. The molecule has 8 heteroatoms. The number of benzene rings is 1. The molecule has 5 aliphatic carbocycles. The summed E-state index contributed by atoms with van der Waals surface area (Å²) < 4.78 is 25.4. The molecule has 4 bridgehead atoms. The van der Waals surface area contributed by atoms with E-state index in [2.05, 4.69) is 38.7 Å². The summed E-state index contributed by atoms with van der Waals surface area (Å²) in [4.78, 5) is 15.7. The molecule has 0 amide bonds. The molecule has 7 aliphatic rings. The van der Waals surface area contributed by atoms with Crippen LogP contribution in [0.25, 0.3) is 0 Å². The quantitative estimate of drug-likeness (QED) is 0.274. The lowest BCUT2D eigenvalue weighted by Crippen LogP contribution is -2.87. The van der Waals surface area contributed by atoms with E-state index < -0.39 is 23.0 Å². The molecule has 1 aromatic rings. The third-order valence-corrected chi connectivity index (χ3v) is 13.8. The maximum absolute atomic E-state index is 12.9. The number of aliphatic hydroxyl groups excluding tert-OH is 1. The summed E-state index contributed by atoms with van der Waals surface area (Å²) in [5.74, 6) is 1.75. The highest BCUT2D eigenvalue weighted by Gasteiger charge is 2.87. The van der Waals surface area contributed by atoms with E-state index in [1.165, 1.54) is 24.0 Å². The van der Waals surface area contributed by atoms with E-state index >= 15 is 0 Å². The van der Waals surface area contributed by atoms with Gasteiger partial charge in [-0.15, -0.1) is 0 Å². The Morgan fingerprint density at radius 3 is 2.59 bits per heavy atom. The van der Waals surface area contributed by atoms with Crippen LogP contribution in [-0.2, 0) is 21.3 Å². The summed E-state index contributed by atoms with van der Waals surface area (Å²) in [5.41, 5.74) is -0.830. The summed E-state index contributed by atoms with van der Waals surface area (Å²) in [5, 5.41) is 21.9. The van der Waals surface area contributed by atoms with Gasteiger partial charge in [0.1, 0.15) is 11.2 Å². The van der Waals surface area contributed by atoms with Gasteiger partial charge >= 0.3 is 6.16 Å². The van der Waals surface area contributed by atoms with Crippen LogP contribution in [0.1, 0.15) is 97.6 Å². The van der Waals surface area contributed by atoms with Crippen molar-refractivity contribution in [1.82, 2.24) is 4.90 Å². The maximum atomic E-state index is 12.9. The normalized spacial score (nSPS) is 38.8. The van der Waals surface area contributed by atoms with Gasteiger partial charge in [-0.25, -0.2) is 4.79 Å². The van der Waals surface area contributed by atoms with Gasteiger partial charge in [0.05, 0.1) is 17.6 Å². The number of ether oxygens (including phenoxy) is 4. The van der Waals surface area contributed by atoms with Crippen molar-refractivity contribution < 1.29 is 34.0 Å². The minimum absolute atomic E-state index is 0.0450. The van der Waals surface area contributed by atoms with Crippen LogP contribution >= 0.6 is 0 Å². The number of methoxy groups -OCH3 is 1. The number of hydrogen-bond donors (Lipinski definition) is 2. The van der Waals surface area contributed by atoms with Gasteiger partial charge in [-0.1, -0.05) is 33.8 Å². The molecule has 5 fully saturated rings. The van der Waals surface area contributed by atoms with E-state index in [4.69, 9.17) is 18.9 Å².